The van der Waals surface area contributed by atoms with Gasteiger partial charge in [0.05, 0.1) is 24.9 Å². The Balaban J connectivity index is 1.76. The van der Waals surface area contributed by atoms with Gasteiger partial charge in [-0.25, -0.2) is 4.79 Å². The van der Waals surface area contributed by atoms with Crippen LogP contribution in [0.3, 0.4) is 0 Å². The van der Waals surface area contributed by atoms with Crippen LogP contribution in [0.15, 0.2) is 54.7 Å². The predicted molar refractivity (Wildman–Crippen MR) is 91.3 cm³/mol. The molecule has 23 heavy (non-hydrogen) atoms. The molecular weight excluding hydrogens is 288 g/mol. The van der Waals surface area contributed by atoms with Gasteiger partial charge in [0.25, 0.3) is 0 Å². The van der Waals surface area contributed by atoms with Crippen LogP contribution in [0.4, 0.5) is 5.69 Å². The van der Waals surface area contributed by atoms with Crippen molar-refractivity contribution in [3.05, 3.63) is 71.6 Å². The SMILES string of the molecule is COC(=O)c1ccccc1N1C=Cc2c([nH]c3ccccc23)C1. The number of aromatic amines is 1. The Morgan fingerprint density at radius 2 is 1.91 bits per heavy atom. The Morgan fingerprint density at radius 1 is 1.13 bits per heavy atom. The smallest absolute Gasteiger partial charge is 0.339 e. The number of anilines is 1. The summed E-state index contributed by atoms with van der Waals surface area (Å²) in [6.07, 6.45) is 4.11. The molecule has 0 bridgehead atoms. The summed E-state index contributed by atoms with van der Waals surface area (Å²) in [5.74, 6) is -0.323. The van der Waals surface area contributed by atoms with Gasteiger partial charge in [-0.15, -0.1) is 0 Å². The van der Waals surface area contributed by atoms with Crippen molar-refractivity contribution in [2.45, 2.75) is 6.54 Å². The van der Waals surface area contributed by atoms with Gasteiger partial charge in [-0.3, -0.25) is 0 Å². The first-order valence-corrected chi connectivity index (χ1v) is 7.49. The molecule has 4 heteroatoms. The van der Waals surface area contributed by atoms with Crippen LogP contribution in [0.2, 0.25) is 0 Å². The number of H-pyrrole nitrogens is 1. The molecule has 0 saturated carbocycles. The molecule has 0 saturated heterocycles. The number of aromatic nitrogens is 1. The fourth-order valence-electron chi connectivity index (χ4n) is 3.09. The van der Waals surface area contributed by atoms with Crippen LogP contribution in [0.5, 0.6) is 0 Å². The van der Waals surface area contributed by atoms with Crippen LogP contribution in [0.25, 0.3) is 17.0 Å². The number of fused-ring (bicyclic) bond motifs is 3. The summed E-state index contributed by atoms with van der Waals surface area (Å²) >= 11 is 0. The molecular formula is C19H16N2O2. The lowest BCUT2D eigenvalue weighted by molar-refractivity contribution is 0.0601. The molecule has 1 aliphatic heterocycles. The zero-order valence-electron chi connectivity index (χ0n) is 12.7. The predicted octanol–water partition coefficient (Wildman–Crippen LogP) is 3.95. The van der Waals surface area contributed by atoms with E-state index in [9.17, 15) is 4.79 Å². The first-order valence-electron chi connectivity index (χ1n) is 7.49. The number of ether oxygens (including phenoxy) is 1. The van der Waals surface area contributed by atoms with Crippen molar-refractivity contribution in [3.8, 4) is 0 Å². The Bertz CT molecular complexity index is 924. The van der Waals surface area contributed by atoms with Gasteiger partial charge >= 0.3 is 5.97 Å². The van der Waals surface area contributed by atoms with Crippen LogP contribution in [-0.4, -0.2) is 18.1 Å². The highest BCUT2D eigenvalue weighted by atomic mass is 16.5. The fraction of sp³-hybridized carbons (Fsp3) is 0.105. The number of para-hydroxylation sites is 2. The lowest BCUT2D eigenvalue weighted by Gasteiger charge is -2.25. The number of nitrogens with one attached hydrogen (secondary N) is 1. The number of hydrogen-bond donors (Lipinski definition) is 1. The average Bonchev–Trinajstić information content (AvgIpc) is 2.98. The molecule has 114 valence electrons. The molecule has 1 aliphatic rings. The standard InChI is InChI=1S/C19H16N2O2/c1-23-19(22)15-7-3-5-9-18(15)21-11-10-14-13-6-2-4-8-16(13)20-17(14)12-21/h2-11,20H,12H2,1H3. The van der Waals surface area contributed by atoms with E-state index in [0.717, 1.165) is 16.9 Å². The van der Waals surface area contributed by atoms with Gasteiger partial charge in [0, 0.05) is 28.4 Å². The van der Waals surface area contributed by atoms with Crippen molar-refractivity contribution in [1.29, 1.82) is 0 Å². The number of rotatable bonds is 2. The van der Waals surface area contributed by atoms with Gasteiger partial charge in [-0.05, 0) is 24.3 Å². The van der Waals surface area contributed by atoms with Crippen LogP contribution < -0.4 is 4.90 Å². The Kier molecular flexibility index (Phi) is 3.15. The lowest BCUT2D eigenvalue weighted by Crippen LogP contribution is -2.21. The highest BCUT2D eigenvalue weighted by Gasteiger charge is 2.20. The molecule has 2 heterocycles. The van der Waals surface area contributed by atoms with Crippen molar-refractivity contribution in [2.75, 3.05) is 12.0 Å². The quantitative estimate of drug-likeness (QED) is 0.729. The van der Waals surface area contributed by atoms with E-state index in [1.54, 1.807) is 6.07 Å². The molecule has 0 atom stereocenters. The van der Waals surface area contributed by atoms with Gasteiger partial charge in [0.15, 0.2) is 0 Å². The molecule has 0 spiro atoms. The molecule has 0 unspecified atom stereocenters. The number of esters is 1. The van der Waals surface area contributed by atoms with E-state index in [4.69, 9.17) is 4.74 Å². The molecule has 4 nitrogen and oxygen atoms in total. The largest absolute Gasteiger partial charge is 0.465 e. The topological polar surface area (TPSA) is 45.3 Å². The summed E-state index contributed by atoms with van der Waals surface area (Å²) in [5, 5.41) is 1.22. The normalized spacial score (nSPS) is 13.2. The monoisotopic (exact) mass is 304 g/mol. The molecule has 3 aromatic rings. The maximum absolute atomic E-state index is 12.0. The van der Waals surface area contributed by atoms with E-state index in [2.05, 4.69) is 28.1 Å². The highest BCUT2D eigenvalue weighted by Crippen LogP contribution is 2.32. The molecule has 0 fully saturated rings. The second-order valence-electron chi connectivity index (χ2n) is 5.52. The molecule has 0 amide bonds. The third kappa shape index (κ3) is 2.19. The number of methoxy groups -OCH3 is 1. The molecule has 1 N–H and O–H groups in total. The summed E-state index contributed by atoms with van der Waals surface area (Å²) in [5.41, 5.74) is 4.91. The number of benzene rings is 2. The second-order valence-corrected chi connectivity index (χ2v) is 5.52. The third-order valence-electron chi connectivity index (χ3n) is 4.20. The zero-order chi connectivity index (χ0) is 15.8. The third-order valence-corrected chi connectivity index (χ3v) is 4.20. The highest BCUT2D eigenvalue weighted by molar-refractivity contribution is 5.97. The van der Waals surface area contributed by atoms with Gasteiger partial charge in [-0.1, -0.05) is 30.3 Å². The summed E-state index contributed by atoms with van der Waals surface area (Å²) < 4.78 is 4.89. The molecule has 0 radical (unpaired) electrons. The molecule has 2 aromatic carbocycles. The molecule has 0 aliphatic carbocycles. The van der Waals surface area contributed by atoms with E-state index in [1.165, 1.54) is 18.1 Å². The van der Waals surface area contributed by atoms with Crippen molar-refractivity contribution in [1.82, 2.24) is 4.98 Å². The van der Waals surface area contributed by atoms with E-state index in [1.807, 2.05) is 36.5 Å². The first kappa shape index (κ1) is 13.6. The maximum Gasteiger partial charge on any atom is 0.339 e. The van der Waals surface area contributed by atoms with Crippen molar-refractivity contribution in [2.24, 2.45) is 0 Å². The molecule has 1 aromatic heterocycles. The van der Waals surface area contributed by atoms with Crippen LogP contribution in [0, 0.1) is 0 Å². The summed E-state index contributed by atoms with van der Waals surface area (Å²) in [6.45, 7) is 0.689. The minimum Gasteiger partial charge on any atom is -0.465 e. The van der Waals surface area contributed by atoms with Gasteiger partial charge < -0.3 is 14.6 Å². The van der Waals surface area contributed by atoms with E-state index in [-0.39, 0.29) is 5.97 Å². The van der Waals surface area contributed by atoms with E-state index in [0.29, 0.717) is 12.1 Å². The van der Waals surface area contributed by atoms with Gasteiger partial charge in [-0.2, -0.15) is 0 Å². The number of hydrogen-bond acceptors (Lipinski definition) is 3. The average molecular weight is 304 g/mol. The number of nitrogens with zero attached hydrogens (tertiary/aromatic N) is 1. The minimum absolute atomic E-state index is 0.323. The maximum atomic E-state index is 12.0. The summed E-state index contributed by atoms with van der Waals surface area (Å²) in [6, 6.07) is 15.8. The van der Waals surface area contributed by atoms with E-state index < -0.39 is 0 Å². The fourth-order valence-corrected chi connectivity index (χ4v) is 3.09. The minimum atomic E-state index is -0.323. The van der Waals surface area contributed by atoms with Crippen molar-refractivity contribution >= 4 is 28.6 Å². The number of carbonyl (C=O) groups excluding carboxylic acids is 1. The lowest BCUT2D eigenvalue weighted by atomic mass is 10.1. The van der Waals surface area contributed by atoms with E-state index >= 15 is 0 Å². The van der Waals surface area contributed by atoms with Crippen LogP contribution >= 0.6 is 0 Å². The van der Waals surface area contributed by atoms with Crippen molar-refractivity contribution in [3.63, 3.8) is 0 Å². The Labute approximate surface area is 134 Å². The summed E-state index contributed by atoms with van der Waals surface area (Å²) in [4.78, 5) is 17.5. The Hall–Kier alpha value is -3.01. The van der Waals surface area contributed by atoms with Crippen LogP contribution in [-0.2, 0) is 11.3 Å². The number of carbonyl (C=O) groups is 1. The van der Waals surface area contributed by atoms with Gasteiger partial charge in [0.2, 0.25) is 0 Å². The van der Waals surface area contributed by atoms with Crippen molar-refractivity contribution < 1.29 is 9.53 Å². The second kappa shape index (κ2) is 5.32. The summed E-state index contributed by atoms with van der Waals surface area (Å²) in [7, 11) is 1.40. The van der Waals surface area contributed by atoms with Gasteiger partial charge in [0.1, 0.15) is 0 Å². The molecule has 4 rings (SSSR count). The van der Waals surface area contributed by atoms with Crippen LogP contribution in [0.1, 0.15) is 21.6 Å². The zero-order valence-corrected chi connectivity index (χ0v) is 12.7. The first-order chi connectivity index (χ1) is 11.3. The Morgan fingerprint density at radius 3 is 2.78 bits per heavy atom.